The SMILES string of the molecule is C=C/C(=C\C(=C/C)c1ccc2[nH]nc(-c3nc4c(-c5cc(F)cc(NCCN(C)C)c5)nccc4[nH]3)c2c1F)NC(=C)CC. The van der Waals surface area contributed by atoms with E-state index in [2.05, 4.69) is 44.0 Å². The van der Waals surface area contributed by atoms with Crippen LogP contribution in [0.15, 0.2) is 85.4 Å². The van der Waals surface area contributed by atoms with Crippen LogP contribution in [-0.2, 0) is 0 Å². The largest absolute Gasteiger partial charge is 0.384 e. The second-order valence-corrected chi connectivity index (χ2v) is 10.7. The molecule has 0 aliphatic heterocycles. The molecule has 2 aromatic carbocycles. The topological polar surface area (TPSA) is 97.6 Å². The number of nitrogens with zero attached hydrogens (tertiary/aromatic N) is 4. The average Bonchev–Trinajstić information content (AvgIpc) is 3.64. The first-order valence-electron chi connectivity index (χ1n) is 14.4. The Morgan fingerprint density at radius 2 is 1.91 bits per heavy atom. The Morgan fingerprint density at radius 1 is 1.09 bits per heavy atom. The number of halogens is 2. The molecule has 0 spiro atoms. The Kier molecular flexibility index (Phi) is 9.01. The number of fused-ring (bicyclic) bond motifs is 2. The van der Waals surface area contributed by atoms with Gasteiger partial charge in [0.2, 0.25) is 0 Å². The van der Waals surface area contributed by atoms with Crippen LogP contribution in [-0.4, -0.2) is 57.2 Å². The van der Waals surface area contributed by atoms with Gasteiger partial charge in [0.25, 0.3) is 0 Å². The zero-order valence-electron chi connectivity index (χ0n) is 25.4. The molecule has 44 heavy (non-hydrogen) atoms. The molecule has 0 bridgehead atoms. The van der Waals surface area contributed by atoms with E-state index in [1.807, 2.05) is 51.1 Å². The summed E-state index contributed by atoms with van der Waals surface area (Å²) in [6.45, 7) is 13.2. The first-order valence-corrected chi connectivity index (χ1v) is 14.4. The molecule has 5 aromatic rings. The molecular formula is C34H36F2N8. The number of likely N-dealkylation sites (N-methyl/N-ethyl adjacent to an activating group) is 1. The number of aromatic amines is 2. The number of nitrogens with one attached hydrogen (secondary N) is 4. The van der Waals surface area contributed by atoms with E-state index < -0.39 is 5.82 Å². The monoisotopic (exact) mass is 594 g/mol. The van der Waals surface area contributed by atoms with Crippen LogP contribution in [0.3, 0.4) is 0 Å². The smallest absolute Gasteiger partial charge is 0.159 e. The molecule has 0 atom stereocenters. The summed E-state index contributed by atoms with van der Waals surface area (Å²) < 4.78 is 31.0. The quantitative estimate of drug-likeness (QED) is 0.112. The molecule has 0 unspecified atom stereocenters. The fraction of sp³-hybridized carbons (Fsp3) is 0.206. The number of aromatic nitrogens is 5. The van der Waals surface area contributed by atoms with Crippen molar-refractivity contribution in [2.75, 3.05) is 32.5 Å². The van der Waals surface area contributed by atoms with Crippen LogP contribution in [0.1, 0.15) is 25.8 Å². The molecule has 226 valence electrons. The molecule has 8 nitrogen and oxygen atoms in total. The maximum absolute atomic E-state index is 16.3. The van der Waals surface area contributed by atoms with E-state index in [1.165, 1.54) is 12.1 Å². The summed E-state index contributed by atoms with van der Waals surface area (Å²) in [7, 11) is 3.96. The van der Waals surface area contributed by atoms with Crippen LogP contribution in [0.5, 0.6) is 0 Å². The fourth-order valence-electron chi connectivity index (χ4n) is 4.90. The first kappa shape index (κ1) is 30.4. The third-order valence-electron chi connectivity index (χ3n) is 7.25. The number of benzene rings is 2. The van der Waals surface area contributed by atoms with E-state index in [0.29, 0.717) is 73.8 Å². The molecule has 0 saturated heterocycles. The van der Waals surface area contributed by atoms with E-state index >= 15 is 4.39 Å². The number of allylic oxidation sites excluding steroid dienone is 5. The summed E-state index contributed by atoms with van der Waals surface area (Å²) >= 11 is 0. The van der Waals surface area contributed by atoms with Crippen LogP contribution in [0, 0.1) is 11.6 Å². The van der Waals surface area contributed by atoms with Gasteiger partial charge in [0.1, 0.15) is 22.8 Å². The standard InChI is InChI=1S/C34H36F2N8/c1-7-20(4)39-24(9-3)17-21(8-2)26-10-11-27-29(30(26)36)33(43-42-27)34-40-28-12-13-38-31(32(28)41-34)22-16-23(35)19-25(18-22)37-14-15-44(5)6/h8-13,16-19,37,39H,3-4,7,14-15H2,1-2,5-6H3,(H,40,41)(H,42,43)/b21-8+,24-17+. The second-order valence-electron chi connectivity index (χ2n) is 10.7. The molecule has 10 heteroatoms. The molecule has 0 amide bonds. The number of hydrogen-bond acceptors (Lipinski definition) is 6. The average molecular weight is 595 g/mol. The number of rotatable bonds is 12. The Morgan fingerprint density at radius 3 is 2.64 bits per heavy atom. The number of anilines is 1. The normalized spacial score (nSPS) is 12.3. The molecule has 0 saturated carbocycles. The van der Waals surface area contributed by atoms with Gasteiger partial charge < -0.3 is 20.5 Å². The molecule has 0 aliphatic carbocycles. The van der Waals surface area contributed by atoms with Crippen LogP contribution >= 0.6 is 0 Å². The van der Waals surface area contributed by atoms with Crippen LogP contribution < -0.4 is 10.6 Å². The maximum atomic E-state index is 16.3. The van der Waals surface area contributed by atoms with E-state index in [-0.39, 0.29) is 5.82 Å². The van der Waals surface area contributed by atoms with Crippen molar-refractivity contribution in [2.24, 2.45) is 0 Å². The van der Waals surface area contributed by atoms with E-state index in [9.17, 15) is 4.39 Å². The summed E-state index contributed by atoms with van der Waals surface area (Å²) in [5, 5.41) is 14.1. The minimum absolute atomic E-state index is 0.299. The summed E-state index contributed by atoms with van der Waals surface area (Å²) in [5.74, 6) is -0.465. The lowest BCUT2D eigenvalue weighted by atomic mass is 10.0. The lowest BCUT2D eigenvalue weighted by Crippen LogP contribution is -2.20. The van der Waals surface area contributed by atoms with Gasteiger partial charge in [-0.3, -0.25) is 10.1 Å². The number of hydrogen-bond donors (Lipinski definition) is 4. The minimum Gasteiger partial charge on any atom is -0.384 e. The molecule has 4 N–H and O–H groups in total. The van der Waals surface area contributed by atoms with E-state index in [1.54, 1.807) is 30.5 Å². The molecular weight excluding hydrogens is 558 g/mol. The van der Waals surface area contributed by atoms with Gasteiger partial charge in [0.05, 0.1) is 22.1 Å². The van der Waals surface area contributed by atoms with Crippen molar-refractivity contribution in [3.63, 3.8) is 0 Å². The summed E-state index contributed by atoms with van der Waals surface area (Å²) in [4.78, 5) is 14.6. The van der Waals surface area contributed by atoms with Crippen molar-refractivity contribution in [1.82, 2.24) is 35.4 Å². The maximum Gasteiger partial charge on any atom is 0.159 e. The van der Waals surface area contributed by atoms with Crippen molar-refractivity contribution in [3.05, 3.63) is 103 Å². The Balaban J connectivity index is 1.56. The van der Waals surface area contributed by atoms with Crippen molar-refractivity contribution in [1.29, 1.82) is 0 Å². The number of imidazole rings is 1. The van der Waals surface area contributed by atoms with E-state index in [0.717, 1.165) is 18.7 Å². The number of H-pyrrole nitrogens is 2. The third-order valence-corrected chi connectivity index (χ3v) is 7.25. The van der Waals surface area contributed by atoms with Gasteiger partial charge >= 0.3 is 0 Å². The highest BCUT2D eigenvalue weighted by Gasteiger charge is 2.21. The van der Waals surface area contributed by atoms with Gasteiger partial charge in [-0.15, -0.1) is 0 Å². The Labute approximate surface area is 255 Å². The molecule has 5 rings (SSSR count). The van der Waals surface area contributed by atoms with Gasteiger partial charge in [-0.25, -0.2) is 13.8 Å². The predicted octanol–water partition coefficient (Wildman–Crippen LogP) is 7.41. The zero-order chi connectivity index (χ0) is 31.4. The highest BCUT2D eigenvalue weighted by molar-refractivity contribution is 5.98. The summed E-state index contributed by atoms with van der Waals surface area (Å²) in [5.41, 5.74) is 6.37. The number of pyridine rings is 1. The fourth-order valence-corrected chi connectivity index (χ4v) is 4.90. The van der Waals surface area contributed by atoms with Gasteiger partial charge in [-0.1, -0.05) is 26.2 Å². The predicted molar refractivity (Wildman–Crippen MR) is 176 cm³/mol. The van der Waals surface area contributed by atoms with Crippen LogP contribution in [0.2, 0.25) is 0 Å². The second kappa shape index (κ2) is 13.0. The summed E-state index contributed by atoms with van der Waals surface area (Å²) in [6, 6.07) is 10.0. The van der Waals surface area contributed by atoms with Gasteiger partial charge in [-0.2, -0.15) is 5.10 Å². The molecule has 3 heterocycles. The van der Waals surface area contributed by atoms with E-state index in [4.69, 9.17) is 4.98 Å². The Hall–Kier alpha value is -5.09. The molecule has 0 fully saturated rings. The molecule has 0 aliphatic rings. The van der Waals surface area contributed by atoms with Crippen LogP contribution in [0.4, 0.5) is 14.5 Å². The van der Waals surface area contributed by atoms with Crippen molar-refractivity contribution < 1.29 is 8.78 Å². The van der Waals surface area contributed by atoms with Crippen LogP contribution in [0.25, 0.3) is 50.3 Å². The summed E-state index contributed by atoms with van der Waals surface area (Å²) in [6.07, 6.45) is 7.72. The first-order chi connectivity index (χ1) is 21.2. The third kappa shape index (κ3) is 6.30. The van der Waals surface area contributed by atoms with Gasteiger partial charge in [-0.05, 0) is 81.6 Å². The molecule has 3 aromatic heterocycles. The zero-order valence-corrected chi connectivity index (χ0v) is 25.4. The lowest BCUT2D eigenvalue weighted by molar-refractivity contribution is 0.425. The molecule has 0 radical (unpaired) electrons. The van der Waals surface area contributed by atoms with Gasteiger partial charge in [0, 0.05) is 47.5 Å². The highest BCUT2D eigenvalue weighted by atomic mass is 19.1. The van der Waals surface area contributed by atoms with Crippen molar-refractivity contribution in [3.8, 4) is 22.8 Å². The van der Waals surface area contributed by atoms with Crippen molar-refractivity contribution in [2.45, 2.75) is 20.3 Å². The Bertz CT molecular complexity index is 1910. The van der Waals surface area contributed by atoms with Crippen molar-refractivity contribution >= 4 is 33.2 Å². The highest BCUT2D eigenvalue weighted by Crippen LogP contribution is 2.35. The minimum atomic E-state index is -0.439. The van der Waals surface area contributed by atoms with Gasteiger partial charge in [0.15, 0.2) is 5.82 Å². The lowest BCUT2D eigenvalue weighted by Gasteiger charge is -2.12.